The molecule has 3 rings (SSSR count). The summed E-state index contributed by atoms with van der Waals surface area (Å²) in [6.45, 7) is 0.998. The summed E-state index contributed by atoms with van der Waals surface area (Å²) >= 11 is 0. The average Bonchev–Trinajstić information content (AvgIpc) is 2.92. The van der Waals surface area contributed by atoms with Crippen LogP contribution in [-0.4, -0.2) is 54.3 Å². The molecule has 0 bridgehead atoms. The zero-order chi connectivity index (χ0) is 14.5. The van der Waals surface area contributed by atoms with Crippen molar-refractivity contribution in [3.05, 3.63) is 28.9 Å². The molecule has 8 nitrogen and oxygen atoms in total. The van der Waals surface area contributed by atoms with Crippen LogP contribution in [0.5, 0.6) is 0 Å². The van der Waals surface area contributed by atoms with Gasteiger partial charge in [-0.25, -0.2) is 4.98 Å². The van der Waals surface area contributed by atoms with E-state index in [1.807, 2.05) is 0 Å². The van der Waals surface area contributed by atoms with E-state index in [1.165, 1.54) is 17.8 Å². The third-order valence-corrected chi connectivity index (χ3v) is 3.70. The Hall–Kier alpha value is -1.74. The average molecular weight is 281 g/mol. The summed E-state index contributed by atoms with van der Waals surface area (Å²) in [4.78, 5) is 18.2. The summed E-state index contributed by atoms with van der Waals surface area (Å²) in [5, 5.41) is 29.9. The number of H-pyrrole nitrogens is 1. The lowest BCUT2D eigenvalue weighted by Crippen LogP contribution is -2.44. The molecule has 0 spiro atoms. The maximum Gasteiger partial charge on any atom is 0.260 e. The van der Waals surface area contributed by atoms with Crippen molar-refractivity contribution in [2.24, 2.45) is 0 Å². The van der Waals surface area contributed by atoms with Crippen LogP contribution in [0.25, 0.3) is 11.0 Å². The summed E-state index contributed by atoms with van der Waals surface area (Å²) in [6, 6.07) is 1.55. The van der Waals surface area contributed by atoms with Gasteiger partial charge in [0.25, 0.3) is 5.56 Å². The smallest absolute Gasteiger partial charge is 0.260 e. The predicted octanol–water partition coefficient (Wildman–Crippen LogP) is -1.27. The van der Waals surface area contributed by atoms with Gasteiger partial charge >= 0.3 is 0 Å². The molecule has 20 heavy (non-hydrogen) atoms. The number of fused-ring (bicyclic) bond motifs is 1. The molecule has 4 N–H and O–H groups in total. The molecule has 8 heteroatoms. The Morgan fingerprint density at radius 1 is 1.60 bits per heavy atom. The van der Waals surface area contributed by atoms with Crippen molar-refractivity contribution in [1.29, 1.82) is 0 Å². The normalized spacial score (nSPS) is 33.9. The second-order valence-corrected chi connectivity index (χ2v) is 5.07. The van der Waals surface area contributed by atoms with Gasteiger partial charge in [0.05, 0.1) is 18.3 Å². The first-order chi connectivity index (χ1) is 9.46. The van der Waals surface area contributed by atoms with E-state index >= 15 is 0 Å². The van der Waals surface area contributed by atoms with Crippen molar-refractivity contribution in [1.82, 2.24) is 14.5 Å². The number of aromatic amines is 1. The number of ether oxygens (including phenoxy) is 1. The number of rotatable bonds is 2. The van der Waals surface area contributed by atoms with Crippen LogP contribution >= 0.6 is 0 Å². The molecule has 108 valence electrons. The molecular formula is C12H15N3O5. The zero-order valence-corrected chi connectivity index (χ0v) is 10.7. The van der Waals surface area contributed by atoms with E-state index in [1.54, 1.807) is 12.3 Å². The van der Waals surface area contributed by atoms with Gasteiger partial charge < -0.3 is 29.6 Å². The van der Waals surface area contributed by atoms with Gasteiger partial charge in [-0.2, -0.15) is 0 Å². The van der Waals surface area contributed by atoms with E-state index in [0.717, 1.165) is 0 Å². The number of nitrogens with zero attached hydrogens (tertiary/aromatic N) is 2. The van der Waals surface area contributed by atoms with E-state index in [2.05, 4.69) is 9.97 Å². The number of aliphatic hydroxyl groups excluding tert-OH is 2. The second-order valence-electron chi connectivity index (χ2n) is 5.07. The maximum atomic E-state index is 11.7. The van der Waals surface area contributed by atoms with Crippen LogP contribution in [0.15, 0.2) is 23.4 Å². The Bertz CT molecular complexity index is 692. The molecule has 1 fully saturated rings. The monoisotopic (exact) mass is 281 g/mol. The highest BCUT2D eigenvalue weighted by atomic mass is 16.6. The van der Waals surface area contributed by atoms with Crippen LogP contribution in [-0.2, 0) is 4.74 Å². The van der Waals surface area contributed by atoms with Crippen LogP contribution in [0.4, 0.5) is 0 Å². The minimum atomic E-state index is -1.61. The third kappa shape index (κ3) is 1.70. The molecule has 1 saturated heterocycles. The molecule has 2 aromatic rings. The number of hydrogen-bond donors (Lipinski definition) is 4. The fraction of sp³-hybridized carbons (Fsp3) is 0.500. The van der Waals surface area contributed by atoms with Gasteiger partial charge in [0.15, 0.2) is 6.23 Å². The van der Waals surface area contributed by atoms with E-state index in [4.69, 9.17) is 9.84 Å². The Morgan fingerprint density at radius 2 is 2.35 bits per heavy atom. The third-order valence-electron chi connectivity index (χ3n) is 3.70. The van der Waals surface area contributed by atoms with Gasteiger partial charge in [-0.1, -0.05) is 0 Å². The minimum absolute atomic E-state index is 0.300. The molecule has 0 saturated carbocycles. The zero-order valence-electron chi connectivity index (χ0n) is 10.7. The topological polar surface area (TPSA) is 121 Å². The summed E-state index contributed by atoms with van der Waals surface area (Å²) in [7, 11) is 0. The van der Waals surface area contributed by atoms with Crippen molar-refractivity contribution in [3.8, 4) is 0 Å². The first kappa shape index (κ1) is 13.3. The van der Waals surface area contributed by atoms with Gasteiger partial charge in [-0.15, -0.1) is 0 Å². The number of nitrogens with one attached hydrogen (secondary N) is 1. The molecule has 1 aliphatic rings. The minimum Gasteiger partial charge on any atom is -0.394 e. The number of aliphatic hydroxyl groups is 3. The fourth-order valence-electron chi connectivity index (χ4n) is 2.56. The van der Waals surface area contributed by atoms with E-state index in [0.29, 0.717) is 11.0 Å². The lowest BCUT2D eigenvalue weighted by molar-refractivity contribution is -0.0948. The van der Waals surface area contributed by atoms with Crippen molar-refractivity contribution in [2.45, 2.75) is 31.0 Å². The highest BCUT2D eigenvalue weighted by Gasteiger charge is 2.53. The standard InChI is InChI=1S/C12H15N3O5/c1-12(19)8(17)7(4-16)20-11(12)15-3-2-6-9(15)13-5-14-10(6)18/h2-3,5,7-8,11,16-17,19H,4H2,1H3,(H,13,14,18)/t7-,8?,11-,12+/m1/s1. The van der Waals surface area contributed by atoms with Crippen molar-refractivity contribution in [3.63, 3.8) is 0 Å². The van der Waals surface area contributed by atoms with Gasteiger partial charge in [0, 0.05) is 6.20 Å². The molecule has 0 aromatic carbocycles. The molecule has 1 aliphatic heterocycles. The molecule has 0 amide bonds. The van der Waals surface area contributed by atoms with Crippen molar-refractivity contribution in [2.75, 3.05) is 6.61 Å². The highest BCUT2D eigenvalue weighted by Crippen LogP contribution is 2.39. The molecule has 3 heterocycles. The Balaban J connectivity index is 2.12. The summed E-state index contributed by atoms with van der Waals surface area (Å²) in [6.07, 6.45) is -0.267. The van der Waals surface area contributed by atoms with E-state index in [9.17, 15) is 15.0 Å². The lowest BCUT2D eigenvalue weighted by Gasteiger charge is -2.27. The first-order valence-corrected chi connectivity index (χ1v) is 6.17. The van der Waals surface area contributed by atoms with E-state index in [-0.39, 0.29) is 5.56 Å². The Morgan fingerprint density at radius 3 is 3.00 bits per heavy atom. The first-order valence-electron chi connectivity index (χ1n) is 6.17. The molecule has 4 atom stereocenters. The SMILES string of the molecule is C[C@]1(O)C(O)[C@@H](CO)O[C@H]1n1ccc2c(=O)[nH]cnc21. The molecular weight excluding hydrogens is 266 g/mol. The van der Waals surface area contributed by atoms with Crippen molar-refractivity contribution < 1.29 is 20.1 Å². The summed E-state index contributed by atoms with van der Waals surface area (Å²) in [5.41, 5.74) is -1.57. The second kappa shape index (κ2) is 4.38. The number of hydrogen-bond acceptors (Lipinski definition) is 6. The summed E-state index contributed by atoms with van der Waals surface area (Å²) < 4.78 is 6.97. The van der Waals surface area contributed by atoms with Gasteiger partial charge in [-0.3, -0.25) is 4.79 Å². The summed E-state index contributed by atoms with van der Waals surface area (Å²) in [5.74, 6) is 0. The van der Waals surface area contributed by atoms with Crippen LogP contribution in [0, 0.1) is 0 Å². The van der Waals surface area contributed by atoms with Gasteiger partial charge in [0.1, 0.15) is 23.5 Å². The lowest BCUT2D eigenvalue weighted by atomic mass is 9.96. The van der Waals surface area contributed by atoms with Gasteiger partial charge in [0.2, 0.25) is 0 Å². The maximum absolute atomic E-state index is 11.7. The Labute approximate surface area is 113 Å². The Kier molecular flexibility index (Phi) is 2.91. The van der Waals surface area contributed by atoms with Crippen LogP contribution in [0.2, 0.25) is 0 Å². The largest absolute Gasteiger partial charge is 0.394 e. The molecule has 1 unspecified atom stereocenters. The van der Waals surface area contributed by atoms with Crippen LogP contribution < -0.4 is 5.56 Å². The fourth-order valence-corrected chi connectivity index (χ4v) is 2.56. The van der Waals surface area contributed by atoms with Gasteiger partial charge in [-0.05, 0) is 13.0 Å². The van der Waals surface area contributed by atoms with Crippen molar-refractivity contribution >= 4 is 11.0 Å². The van der Waals surface area contributed by atoms with Crippen LogP contribution in [0.1, 0.15) is 13.2 Å². The predicted molar refractivity (Wildman–Crippen MR) is 68.0 cm³/mol. The molecule has 0 radical (unpaired) electrons. The highest BCUT2D eigenvalue weighted by molar-refractivity contribution is 5.74. The molecule has 2 aromatic heterocycles. The molecule has 0 aliphatic carbocycles. The van der Waals surface area contributed by atoms with E-state index < -0.39 is 30.6 Å². The number of aromatic nitrogens is 3. The van der Waals surface area contributed by atoms with Crippen LogP contribution in [0.3, 0.4) is 0 Å². The quantitative estimate of drug-likeness (QED) is 0.544.